The molecule has 1 aliphatic rings. The average Bonchev–Trinajstić information content (AvgIpc) is 3.33. The van der Waals surface area contributed by atoms with Gasteiger partial charge < -0.3 is 9.26 Å². The highest BCUT2D eigenvalue weighted by atomic mass is 32.1. The molecule has 1 heterocycles. The summed E-state index contributed by atoms with van der Waals surface area (Å²) in [6.45, 7) is 2.64. The molecular weight excluding hydrogens is 509 g/mol. The molecule has 4 aromatic rings. The molecule has 0 unspecified atom stereocenters. The summed E-state index contributed by atoms with van der Waals surface area (Å²) in [6.07, 6.45) is 0.355. The SMILES string of the molecule is CCc1ccccc1CC(=S)CN=Cc1ccc2c(c1)CCc1c-2noc1-c1ccc(OC(F)(F)F)cc1. The summed E-state index contributed by atoms with van der Waals surface area (Å²) >= 11 is 5.58. The number of aryl methyl sites for hydroxylation is 2. The fourth-order valence-corrected chi connectivity index (χ4v) is 5.01. The Morgan fingerprint density at radius 1 is 1.05 bits per heavy atom. The molecule has 0 amide bonds. The van der Waals surface area contributed by atoms with Crippen molar-refractivity contribution in [2.45, 2.75) is 39.0 Å². The van der Waals surface area contributed by atoms with Gasteiger partial charge in [0.15, 0.2) is 5.76 Å². The number of hydrogen-bond acceptors (Lipinski definition) is 5. The molecule has 0 bridgehead atoms. The fraction of sp³-hybridized carbons (Fsp3) is 0.233. The van der Waals surface area contributed by atoms with Crippen molar-refractivity contribution in [2.24, 2.45) is 4.99 Å². The molecule has 1 aliphatic carbocycles. The van der Waals surface area contributed by atoms with E-state index in [0.717, 1.165) is 52.1 Å². The first-order valence-electron chi connectivity index (χ1n) is 12.4. The van der Waals surface area contributed by atoms with E-state index in [0.29, 0.717) is 24.3 Å². The van der Waals surface area contributed by atoms with Gasteiger partial charge >= 0.3 is 6.36 Å². The van der Waals surface area contributed by atoms with Crippen molar-refractivity contribution >= 4 is 23.3 Å². The van der Waals surface area contributed by atoms with Crippen LogP contribution < -0.4 is 4.74 Å². The van der Waals surface area contributed by atoms with E-state index in [2.05, 4.69) is 46.1 Å². The molecule has 1 aromatic heterocycles. The zero-order valence-electron chi connectivity index (χ0n) is 20.7. The van der Waals surface area contributed by atoms with Crippen molar-refractivity contribution in [3.63, 3.8) is 0 Å². The lowest BCUT2D eigenvalue weighted by atomic mass is 9.87. The third kappa shape index (κ3) is 5.86. The molecule has 0 atom stereocenters. The maximum absolute atomic E-state index is 12.5. The standard InChI is InChI=1S/C30H25F3N2O2S/c1-2-20-5-3-4-6-22(20)16-25(38)18-34-17-19-7-13-26-23(15-19)10-14-27-28(26)35-37-29(27)21-8-11-24(12-9-21)36-30(31,32)33/h3-9,11-13,15,17H,2,10,14,16,18H2,1H3. The van der Waals surface area contributed by atoms with Crippen molar-refractivity contribution in [3.05, 3.63) is 94.5 Å². The zero-order valence-corrected chi connectivity index (χ0v) is 21.5. The summed E-state index contributed by atoms with van der Waals surface area (Å²) in [7, 11) is 0. The van der Waals surface area contributed by atoms with Crippen molar-refractivity contribution in [3.8, 4) is 28.3 Å². The van der Waals surface area contributed by atoms with E-state index in [1.54, 1.807) is 12.1 Å². The minimum Gasteiger partial charge on any atom is -0.406 e. The predicted molar refractivity (Wildman–Crippen MR) is 146 cm³/mol. The van der Waals surface area contributed by atoms with Crippen LogP contribution in [0.3, 0.4) is 0 Å². The number of nitrogens with zero attached hydrogens (tertiary/aromatic N) is 2. The lowest BCUT2D eigenvalue weighted by Gasteiger charge is -2.16. The Bertz CT molecular complexity index is 1490. The predicted octanol–water partition coefficient (Wildman–Crippen LogP) is 7.60. The molecule has 38 heavy (non-hydrogen) atoms. The van der Waals surface area contributed by atoms with E-state index >= 15 is 0 Å². The van der Waals surface area contributed by atoms with Crippen molar-refractivity contribution < 1.29 is 22.4 Å². The number of aliphatic imine (C=N–C) groups is 1. The Hall–Kier alpha value is -3.78. The Morgan fingerprint density at radius 3 is 2.55 bits per heavy atom. The molecule has 3 aromatic carbocycles. The third-order valence-corrected chi connectivity index (χ3v) is 6.84. The Labute approximate surface area is 224 Å². The summed E-state index contributed by atoms with van der Waals surface area (Å²) in [5, 5.41) is 4.29. The van der Waals surface area contributed by atoms with Crippen LogP contribution >= 0.6 is 12.2 Å². The second kappa shape index (κ2) is 10.9. The van der Waals surface area contributed by atoms with Crippen molar-refractivity contribution in [1.82, 2.24) is 5.16 Å². The summed E-state index contributed by atoms with van der Waals surface area (Å²) in [6, 6.07) is 20.1. The molecule has 194 valence electrons. The molecule has 0 saturated heterocycles. The van der Waals surface area contributed by atoms with Crippen LogP contribution in [-0.4, -0.2) is 29.1 Å². The highest BCUT2D eigenvalue weighted by Gasteiger charge is 2.31. The van der Waals surface area contributed by atoms with Gasteiger partial charge in [0.2, 0.25) is 0 Å². The molecule has 0 aliphatic heterocycles. The smallest absolute Gasteiger partial charge is 0.406 e. The fourth-order valence-electron chi connectivity index (χ4n) is 4.78. The van der Waals surface area contributed by atoms with Gasteiger partial charge in [0.1, 0.15) is 11.4 Å². The molecular formula is C30H25F3N2O2S. The number of alkyl halides is 3. The molecule has 8 heteroatoms. The maximum atomic E-state index is 12.5. The topological polar surface area (TPSA) is 47.6 Å². The van der Waals surface area contributed by atoms with Gasteiger partial charge in [-0.05, 0) is 71.8 Å². The first-order chi connectivity index (χ1) is 18.3. The van der Waals surface area contributed by atoms with Crippen LogP contribution in [-0.2, 0) is 25.7 Å². The number of ether oxygens (including phenoxy) is 1. The summed E-state index contributed by atoms with van der Waals surface area (Å²) in [5.41, 5.74) is 8.06. The normalized spacial score (nSPS) is 12.8. The number of fused-ring (bicyclic) bond motifs is 3. The maximum Gasteiger partial charge on any atom is 0.573 e. The minimum atomic E-state index is -4.73. The van der Waals surface area contributed by atoms with Gasteiger partial charge in [-0.3, -0.25) is 4.99 Å². The molecule has 0 saturated carbocycles. The molecule has 5 rings (SSSR count). The van der Waals surface area contributed by atoms with E-state index in [9.17, 15) is 13.2 Å². The van der Waals surface area contributed by atoms with Gasteiger partial charge in [-0.1, -0.05) is 60.7 Å². The lowest BCUT2D eigenvalue weighted by Crippen LogP contribution is -2.16. The number of hydrogen-bond donors (Lipinski definition) is 0. The van der Waals surface area contributed by atoms with Crippen LogP contribution in [0.4, 0.5) is 13.2 Å². The van der Waals surface area contributed by atoms with Gasteiger partial charge in [-0.2, -0.15) is 0 Å². The van der Waals surface area contributed by atoms with Gasteiger partial charge in [-0.15, -0.1) is 13.2 Å². The number of aromatic nitrogens is 1. The Morgan fingerprint density at radius 2 is 1.82 bits per heavy atom. The van der Waals surface area contributed by atoms with Crippen LogP contribution in [0.2, 0.25) is 0 Å². The van der Waals surface area contributed by atoms with E-state index in [-0.39, 0.29) is 5.75 Å². The second-order valence-electron chi connectivity index (χ2n) is 9.14. The zero-order chi connectivity index (χ0) is 26.7. The van der Waals surface area contributed by atoms with Gasteiger partial charge in [0.25, 0.3) is 0 Å². The number of rotatable bonds is 8. The minimum absolute atomic E-state index is 0.277. The molecule has 0 radical (unpaired) electrons. The van der Waals surface area contributed by atoms with Crippen LogP contribution in [0.15, 0.2) is 76.2 Å². The van der Waals surface area contributed by atoms with Gasteiger partial charge in [0.05, 0.1) is 6.54 Å². The highest BCUT2D eigenvalue weighted by molar-refractivity contribution is 7.80. The average molecular weight is 535 g/mol. The van der Waals surface area contributed by atoms with Crippen molar-refractivity contribution in [1.29, 1.82) is 0 Å². The monoisotopic (exact) mass is 534 g/mol. The van der Waals surface area contributed by atoms with E-state index in [1.165, 1.54) is 23.3 Å². The highest BCUT2D eigenvalue weighted by Crippen LogP contribution is 2.39. The van der Waals surface area contributed by atoms with E-state index in [4.69, 9.17) is 16.7 Å². The van der Waals surface area contributed by atoms with E-state index < -0.39 is 6.36 Å². The summed E-state index contributed by atoms with van der Waals surface area (Å²) in [5.74, 6) is 0.286. The second-order valence-corrected chi connectivity index (χ2v) is 9.71. The van der Waals surface area contributed by atoms with Gasteiger partial charge in [0, 0.05) is 34.2 Å². The molecule has 0 spiro atoms. The quantitative estimate of drug-likeness (QED) is 0.173. The van der Waals surface area contributed by atoms with Crippen molar-refractivity contribution in [2.75, 3.05) is 6.54 Å². The Balaban J connectivity index is 1.27. The van der Waals surface area contributed by atoms with Crippen LogP contribution in [0, 0.1) is 0 Å². The number of halogens is 3. The van der Waals surface area contributed by atoms with E-state index in [1.807, 2.05) is 24.4 Å². The molecule has 0 fully saturated rings. The summed E-state index contributed by atoms with van der Waals surface area (Å²) < 4.78 is 47.0. The van der Waals surface area contributed by atoms with Crippen LogP contribution in [0.1, 0.15) is 34.7 Å². The Kier molecular flexibility index (Phi) is 7.42. The first kappa shape index (κ1) is 25.9. The summed E-state index contributed by atoms with van der Waals surface area (Å²) in [4.78, 5) is 5.48. The number of thiocarbonyl (C=S) groups is 1. The van der Waals surface area contributed by atoms with Crippen LogP contribution in [0.5, 0.6) is 5.75 Å². The largest absolute Gasteiger partial charge is 0.573 e. The third-order valence-electron chi connectivity index (χ3n) is 6.56. The van der Waals surface area contributed by atoms with Crippen LogP contribution in [0.25, 0.3) is 22.6 Å². The molecule has 4 nitrogen and oxygen atoms in total. The van der Waals surface area contributed by atoms with Gasteiger partial charge in [-0.25, -0.2) is 0 Å². The number of benzene rings is 3. The molecule has 0 N–H and O–H groups in total. The lowest BCUT2D eigenvalue weighted by molar-refractivity contribution is -0.274. The first-order valence-corrected chi connectivity index (χ1v) is 12.8.